The van der Waals surface area contributed by atoms with Crippen molar-refractivity contribution >= 4 is 33.7 Å². The molecule has 0 saturated carbocycles. The Bertz CT molecular complexity index is 945. The van der Waals surface area contributed by atoms with Gasteiger partial charge in [0.25, 0.3) is 0 Å². The molecule has 25 heavy (non-hydrogen) atoms. The molecular formula is C18H23N5O2. The second-order valence-electron chi connectivity index (χ2n) is 6.71. The smallest absolute Gasteiger partial charge is 0.224 e. The van der Waals surface area contributed by atoms with Gasteiger partial charge in [-0.25, -0.2) is 9.97 Å². The SMILES string of the molecule is CCOCc1nc2c(N)nc3ccccc3c2n1CC(C)(C)C(N)=O. The van der Waals surface area contributed by atoms with Gasteiger partial charge in [-0.3, -0.25) is 4.79 Å². The highest BCUT2D eigenvalue weighted by molar-refractivity contribution is 6.06. The lowest BCUT2D eigenvalue weighted by Crippen LogP contribution is -2.35. The van der Waals surface area contributed by atoms with Crippen LogP contribution in [0.2, 0.25) is 0 Å². The van der Waals surface area contributed by atoms with Crippen LogP contribution in [0.25, 0.3) is 21.9 Å². The summed E-state index contributed by atoms with van der Waals surface area (Å²) in [5.41, 5.74) is 13.2. The van der Waals surface area contributed by atoms with E-state index in [1.54, 1.807) is 0 Å². The Morgan fingerprint density at radius 2 is 2.00 bits per heavy atom. The van der Waals surface area contributed by atoms with Gasteiger partial charge in [0.15, 0.2) is 5.82 Å². The van der Waals surface area contributed by atoms with E-state index >= 15 is 0 Å². The number of carbonyl (C=O) groups excluding carboxylic acids is 1. The van der Waals surface area contributed by atoms with Gasteiger partial charge in [0, 0.05) is 18.5 Å². The number of hydrogen-bond acceptors (Lipinski definition) is 5. The monoisotopic (exact) mass is 341 g/mol. The Hall–Kier alpha value is -2.67. The molecule has 0 aliphatic rings. The molecule has 0 bridgehead atoms. The van der Waals surface area contributed by atoms with E-state index in [9.17, 15) is 4.79 Å². The van der Waals surface area contributed by atoms with Gasteiger partial charge in [0.1, 0.15) is 17.9 Å². The number of nitrogens with zero attached hydrogens (tertiary/aromatic N) is 3. The summed E-state index contributed by atoms with van der Waals surface area (Å²) in [6, 6.07) is 7.74. The third-order valence-corrected chi connectivity index (χ3v) is 4.35. The summed E-state index contributed by atoms with van der Waals surface area (Å²) in [5.74, 6) is 0.696. The lowest BCUT2D eigenvalue weighted by atomic mass is 9.92. The largest absolute Gasteiger partial charge is 0.382 e. The van der Waals surface area contributed by atoms with E-state index in [1.807, 2.05) is 49.6 Å². The van der Waals surface area contributed by atoms with E-state index in [0.717, 1.165) is 16.4 Å². The minimum absolute atomic E-state index is 0.327. The fourth-order valence-electron chi connectivity index (χ4n) is 2.85. The number of fused-ring (bicyclic) bond motifs is 3. The minimum Gasteiger partial charge on any atom is -0.382 e. The number of para-hydroxylation sites is 1. The van der Waals surface area contributed by atoms with Crippen molar-refractivity contribution in [3.05, 3.63) is 30.1 Å². The van der Waals surface area contributed by atoms with Gasteiger partial charge < -0.3 is 20.8 Å². The first kappa shape index (κ1) is 17.2. The van der Waals surface area contributed by atoms with Crippen LogP contribution in [0, 0.1) is 5.41 Å². The molecule has 7 heteroatoms. The van der Waals surface area contributed by atoms with Gasteiger partial charge >= 0.3 is 0 Å². The number of carbonyl (C=O) groups is 1. The number of rotatable bonds is 6. The predicted octanol–water partition coefficient (Wildman–Crippen LogP) is 2.21. The zero-order valence-electron chi connectivity index (χ0n) is 14.7. The number of amides is 1. The molecular weight excluding hydrogens is 318 g/mol. The van der Waals surface area contributed by atoms with Crippen molar-refractivity contribution in [3.63, 3.8) is 0 Å². The molecule has 0 unspecified atom stereocenters. The lowest BCUT2D eigenvalue weighted by Gasteiger charge is -2.23. The first-order chi connectivity index (χ1) is 11.8. The summed E-state index contributed by atoms with van der Waals surface area (Å²) in [6.45, 7) is 6.84. The molecule has 0 spiro atoms. The van der Waals surface area contributed by atoms with Crippen molar-refractivity contribution in [1.29, 1.82) is 0 Å². The first-order valence-electron chi connectivity index (χ1n) is 8.26. The van der Waals surface area contributed by atoms with Gasteiger partial charge in [0.2, 0.25) is 5.91 Å². The summed E-state index contributed by atoms with van der Waals surface area (Å²) in [7, 11) is 0. The average molecular weight is 341 g/mol. The zero-order valence-corrected chi connectivity index (χ0v) is 14.7. The number of primary amides is 1. The molecule has 2 aromatic heterocycles. The Labute approximate surface area is 146 Å². The van der Waals surface area contributed by atoms with Crippen LogP contribution in [0.5, 0.6) is 0 Å². The lowest BCUT2D eigenvalue weighted by molar-refractivity contribution is -0.126. The normalized spacial score (nSPS) is 12.1. The molecule has 2 heterocycles. The van der Waals surface area contributed by atoms with Crippen molar-refractivity contribution in [2.45, 2.75) is 33.9 Å². The fourth-order valence-corrected chi connectivity index (χ4v) is 2.85. The van der Waals surface area contributed by atoms with Crippen LogP contribution in [-0.4, -0.2) is 27.0 Å². The molecule has 1 aromatic carbocycles. The van der Waals surface area contributed by atoms with Crippen LogP contribution >= 0.6 is 0 Å². The number of ether oxygens (including phenoxy) is 1. The maximum Gasteiger partial charge on any atom is 0.224 e. The molecule has 0 aliphatic carbocycles. The maximum atomic E-state index is 11.9. The molecule has 0 fully saturated rings. The van der Waals surface area contributed by atoms with Crippen molar-refractivity contribution in [2.24, 2.45) is 11.1 Å². The molecule has 3 rings (SSSR count). The number of pyridine rings is 1. The summed E-state index contributed by atoms with van der Waals surface area (Å²) in [6.07, 6.45) is 0. The van der Waals surface area contributed by atoms with Crippen LogP contribution in [0.15, 0.2) is 24.3 Å². The van der Waals surface area contributed by atoms with Gasteiger partial charge in [-0.1, -0.05) is 18.2 Å². The molecule has 132 valence electrons. The second kappa shape index (κ2) is 6.33. The molecule has 0 saturated heterocycles. The highest BCUT2D eigenvalue weighted by Crippen LogP contribution is 2.31. The molecule has 0 radical (unpaired) electrons. The van der Waals surface area contributed by atoms with E-state index in [1.165, 1.54) is 0 Å². The molecule has 7 nitrogen and oxygen atoms in total. The van der Waals surface area contributed by atoms with Crippen LogP contribution in [0.3, 0.4) is 0 Å². The second-order valence-corrected chi connectivity index (χ2v) is 6.71. The average Bonchev–Trinajstić information content (AvgIpc) is 2.92. The van der Waals surface area contributed by atoms with Crippen LogP contribution in [0.1, 0.15) is 26.6 Å². The Balaban J connectivity index is 2.31. The Kier molecular flexibility index (Phi) is 4.34. The number of nitrogens with two attached hydrogens (primary N) is 2. The van der Waals surface area contributed by atoms with E-state index in [-0.39, 0.29) is 5.91 Å². The van der Waals surface area contributed by atoms with Crippen LogP contribution in [0.4, 0.5) is 5.82 Å². The van der Waals surface area contributed by atoms with Crippen molar-refractivity contribution in [1.82, 2.24) is 14.5 Å². The molecule has 0 atom stereocenters. The number of hydrogen-bond donors (Lipinski definition) is 2. The number of imidazole rings is 1. The van der Waals surface area contributed by atoms with Crippen molar-refractivity contribution in [3.8, 4) is 0 Å². The number of anilines is 1. The third-order valence-electron chi connectivity index (χ3n) is 4.35. The molecule has 3 aromatic rings. The third kappa shape index (κ3) is 3.02. The number of benzene rings is 1. The minimum atomic E-state index is -0.742. The van der Waals surface area contributed by atoms with Crippen LogP contribution < -0.4 is 11.5 Å². The summed E-state index contributed by atoms with van der Waals surface area (Å²) >= 11 is 0. The number of aromatic nitrogens is 3. The van der Waals surface area contributed by atoms with Crippen LogP contribution in [-0.2, 0) is 22.7 Å². The van der Waals surface area contributed by atoms with Gasteiger partial charge in [-0.2, -0.15) is 0 Å². The zero-order chi connectivity index (χ0) is 18.2. The highest BCUT2D eigenvalue weighted by atomic mass is 16.5. The Morgan fingerprint density at radius 1 is 1.28 bits per heavy atom. The summed E-state index contributed by atoms with van der Waals surface area (Å²) in [5, 5.41) is 0.933. The van der Waals surface area contributed by atoms with E-state index in [2.05, 4.69) is 9.97 Å². The van der Waals surface area contributed by atoms with E-state index in [4.69, 9.17) is 16.2 Å². The van der Waals surface area contributed by atoms with Crippen molar-refractivity contribution < 1.29 is 9.53 Å². The Morgan fingerprint density at radius 3 is 2.68 bits per heavy atom. The number of nitrogen functional groups attached to an aromatic ring is 1. The topological polar surface area (TPSA) is 109 Å². The van der Waals surface area contributed by atoms with E-state index < -0.39 is 5.41 Å². The fraction of sp³-hybridized carbons (Fsp3) is 0.389. The first-order valence-corrected chi connectivity index (χ1v) is 8.26. The molecule has 1 amide bonds. The van der Waals surface area contributed by atoms with Gasteiger partial charge in [-0.15, -0.1) is 0 Å². The standard InChI is InChI=1S/C18H23N5O2/c1-4-25-9-13-22-14-15(23(13)10-18(2,3)17(20)24)11-7-5-6-8-12(11)21-16(14)19/h5-8H,4,9-10H2,1-3H3,(H2,19,21)(H2,20,24). The van der Waals surface area contributed by atoms with Gasteiger partial charge in [0.05, 0.1) is 16.4 Å². The molecule has 4 N–H and O–H groups in total. The summed E-state index contributed by atoms with van der Waals surface area (Å²) in [4.78, 5) is 20.9. The summed E-state index contributed by atoms with van der Waals surface area (Å²) < 4.78 is 7.54. The molecule has 0 aliphatic heterocycles. The van der Waals surface area contributed by atoms with Gasteiger partial charge in [-0.05, 0) is 26.8 Å². The van der Waals surface area contributed by atoms with E-state index in [0.29, 0.717) is 36.9 Å². The predicted molar refractivity (Wildman–Crippen MR) is 97.8 cm³/mol. The maximum absolute atomic E-state index is 11.9. The van der Waals surface area contributed by atoms with Crippen molar-refractivity contribution in [2.75, 3.05) is 12.3 Å². The quantitative estimate of drug-likeness (QED) is 0.714. The highest BCUT2D eigenvalue weighted by Gasteiger charge is 2.29.